The Morgan fingerprint density at radius 3 is 2.38 bits per heavy atom. The number of carbonyl (C=O) groups excluding carboxylic acids is 3. The van der Waals surface area contributed by atoms with E-state index in [1.807, 2.05) is 13.8 Å². The van der Waals surface area contributed by atoms with E-state index in [4.69, 9.17) is 4.74 Å². The van der Waals surface area contributed by atoms with Gasteiger partial charge in [-0.3, -0.25) is 9.59 Å². The minimum atomic E-state index is -0.815. The van der Waals surface area contributed by atoms with Gasteiger partial charge in [0.05, 0.1) is 6.61 Å². The Kier molecular flexibility index (Phi) is 10.4. The molecule has 0 radical (unpaired) electrons. The molecule has 0 saturated carbocycles. The number of aliphatic hydroxyl groups is 1. The van der Waals surface area contributed by atoms with Crippen molar-refractivity contribution in [2.24, 2.45) is 11.8 Å². The molecule has 0 aromatic rings. The quantitative estimate of drug-likeness (QED) is 0.443. The predicted octanol–water partition coefficient (Wildman–Crippen LogP) is 2.77. The lowest BCUT2D eigenvalue weighted by Gasteiger charge is -2.32. The molecule has 0 aromatic heterocycles. The molecule has 3 N–H and O–H groups in total. The summed E-state index contributed by atoms with van der Waals surface area (Å²) < 4.78 is 5.35. The smallest absolute Gasteiger partial charge is 0.408 e. The van der Waals surface area contributed by atoms with Gasteiger partial charge in [0.15, 0.2) is 0 Å². The van der Waals surface area contributed by atoms with Gasteiger partial charge in [0, 0.05) is 24.4 Å². The van der Waals surface area contributed by atoms with E-state index in [1.54, 1.807) is 33.8 Å². The number of amides is 3. The Hall–Kier alpha value is -2.35. The van der Waals surface area contributed by atoms with Gasteiger partial charge in [-0.1, -0.05) is 38.0 Å². The first-order valence-corrected chi connectivity index (χ1v) is 11.3. The van der Waals surface area contributed by atoms with Gasteiger partial charge in [-0.2, -0.15) is 0 Å². The van der Waals surface area contributed by atoms with Crippen LogP contribution < -0.4 is 10.6 Å². The van der Waals surface area contributed by atoms with Crippen molar-refractivity contribution < 1.29 is 24.2 Å². The van der Waals surface area contributed by atoms with E-state index in [1.165, 1.54) is 4.90 Å². The summed E-state index contributed by atoms with van der Waals surface area (Å²) in [5, 5.41) is 14.8. The molecule has 1 aliphatic rings. The maximum Gasteiger partial charge on any atom is 0.408 e. The van der Waals surface area contributed by atoms with Crippen LogP contribution in [0, 0.1) is 11.8 Å². The van der Waals surface area contributed by atoms with Crippen molar-refractivity contribution in [3.8, 4) is 0 Å². The average Bonchev–Trinajstić information content (AvgIpc) is 3.09. The van der Waals surface area contributed by atoms with E-state index in [0.29, 0.717) is 13.0 Å². The summed E-state index contributed by atoms with van der Waals surface area (Å²) in [6.07, 6.45) is 3.08. The minimum absolute atomic E-state index is 0.148. The first-order valence-electron chi connectivity index (χ1n) is 11.3. The molecule has 1 saturated heterocycles. The molecule has 0 bridgehead atoms. The normalized spacial score (nSPS) is 22.6. The fraction of sp³-hybridized carbons (Fsp3) is 0.708. The molecule has 0 aliphatic carbocycles. The zero-order valence-corrected chi connectivity index (χ0v) is 20.4. The molecule has 0 aromatic carbocycles. The molecule has 2 unspecified atom stereocenters. The predicted molar refractivity (Wildman–Crippen MR) is 125 cm³/mol. The molecule has 1 fully saturated rings. The first-order chi connectivity index (χ1) is 14.9. The van der Waals surface area contributed by atoms with Gasteiger partial charge in [-0.15, -0.1) is 6.58 Å². The SMILES string of the molecule is C=CC1CN(C(=O)[C@H](CCCC)NC(=O)OC(C)(C)C)C(C(=O)N[C@@H](C)CO)[C@H]1C(=C)C. The minimum Gasteiger partial charge on any atom is -0.444 e. The first kappa shape index (κ1) is 27.7. The van der Waals surface area contributed by atoms with Gasteiger partial charge in [-0.05, 0) is 41.0 Å². The molecular formula is C24H41N3O5. The number of ether oxygens (including phenoxy) is 1. The average molecular weight is 452 g/mol. The Bertz CT molecular complexity index is 700. The topological polar surface area (TPSA) is 108 Å². The van der Waals surface area contributed by atoms with Gasteiger partial charge in [0.25, 0.3) is 0 Å². The van der Waals surface area contributed by atoms with Crippen molar-refractivity contribution in [1.82, 2.24) is 15.5 Å². The number of alkyl carbamates (subject to hydrolysis) is 1. The summed E-state index contributed by atoms with van der Waals surface area (Å²) in [7, 11) is 0. The van der Waals surface area contributed by atoms with Crippen molar-refractivity contribution >= 4 is 17.9 Å². The van der Waals surface area contributed by atoms with E-state index in [-0.39, 0.29) is 30.3 Å². The summed E-state index contributed by atoms with van der Waals surface area (Å²) >= 11 is 0. The summed E-state index contributed by atoms with van der Waals surface area (Å²) in [6.45, 7) is 18.8. The number of hydrogen-bond donors (Lipinski definition) is 3. The van der Waals surface area contributed by atoms with Crippen LogP contribution in [0.15, 0.2) is 24.8 Å². The fourth-order valence-corrected chi connectivity index (χ4v) is 3.96. The lowest BCUT2D eigenvalue weighted by atomic mass is 9.85. The Morgan fingerprint density at radius 1 is 1.28 bits per heavy atom. The second kappa shape index (κ2) is 12.0. The molecule has 5 atom stereocenters. The maximum atomic E-state index is 13.6. The molecule has 32 heavy (non-hydrogen) atoms. The van der Waals surface area contributed by atoms with Crippen molar-refractivity contribution in [1.29, 1.82) is 0 Å². The monoisotopic (exact) mass is 451 g/mol. The summed E-state index contributed by atoms with van der Waals surface area (Å²) in [5.41, 5.74) is 0.0741. The van der Waals surface area contributed by atoms with Crippen molar-refractivity contribution in [2.75, 3.05) is 13.2 Å². The highest BCUT2D eigenvalue weighted by molar-refractivity contribution is 5.92. The fourth-order valence-electron chi connectivity index (χ4n) is 3.96. The second-order valence-corrected chi connectivity index (χ2v) is 9.64. The molecular weight excluding hydrogens is 410 g/mol. The van der Waals surface area contributed by atoms with Crippen LogP contribution in [0.4, 0.5) is 4.79 Å². The molecule has 1 heterocycles. The van der Waals surface area contributed by atoms with Gasteiger partial charge < -0.3 is 25.4 Å². The third-order valence-electron chi connectivity index (χ3n) is 5.47. The molecule has 182 valence electrons. The molecule has 1 rings (SSSR count). The number of unbranched alkanes of at least 4 members (excludes halogenated alkanes) is 1. The van der Waals surface area contributed by atoms with Crippen molar-refractivity contribution in [3.63, 3.8) is 0 Å². The lowest BCUT2D eigenvalue weighted by molar-refractivity contribution is -0.141. The number of carbonyl (C=O) groups is 3. The number of hydrogen-bond acceptors (Lipinski definition) is 5. The number of nitrogens with zero attached hydrogens (tertiary/aromatic N) is 1. The Morgan fingerprint density at radius 2 is 1.91 bits per heavy atom. The van der Waals surface area contributed by atoms with E-state index < -0.39 is 29.8 Å². The van der Waals surface area contributed by atoms with Gasteiger partial charge in [-0.25, -0.2) is 4.79 Å². The van der Waals surface area contributed by atoms with E-state index in [0.717, 1.165) is 18.4 Å². The van der Waals surface area contributed by atoms with Crippen molar-refractivity contribution in [2.45, 2.75) is 84.5 Å². The van der Waals surface area contributed by atoms with Gasteiger partial charge >= 0.3 is 6.09 Å². The third-order valence-corrected chi connectivity index (χ3v) is 5.47. The van der Waals surface area contributed by atoms with Crippen LogP contribution in [0.3, 0.4) is 0 Å². The number of aliphatic hydroxyl groups excluding tert-OH is 1. The molecule has 3 amide bonds. The van der Waals surface area contributed by atoms with Crippen LogP contribution in [0.25, 0.3) is 0 Å². The highest BCUT2D eigenvalue weighted by atomic mass is 16.6. The van der Waals surface area contributed by atoms with E-state index in [2.05, 4.69) is 23.8 Å². The summed E-state index contributed by atoms with van der Waals surface area (Å²) in [4.78, 5) is 40.7. The third kappa shape index (κ3) is 7.65. The van der Waals surface area contributed by atoms with Gasteiger partial charge in [0.2, 0.25) is 11.8 Å². The molecule has 8 heteroatoms. The zero-order valence-electron chi connectivity index (χ0n) is 20.4. The second-order valence-electron chi connectivity index (χ2n) is 9.64. The summed E-state index contributed by atoms with van der Waals surface area (Å²) in [5.74, 6) is -1.15. The standard InChI is InChI=1S/C24H41N3O5/c1-9-11-12-18(26-23(31)32-24(6,7)8)22(30)27-13-17(10-2)19(15(3)4)20(27)21(29)25-16(5)14-28/h10,16-20,28H,2-3,9,11-14H2,1,4-8H3,(H,25,29)(H,26,31)/t16-,17?,18-,19-,20?/m0/s1. The zero-order chi connectivity index (χ0) is 24.6. The van der Waals surface area contributed by atoms with Crippen LogP contribution >= 0.6 is 0 Å². The van der Waals surface area contributed by atoms with E-state index in [9.17, 15) is 19.5 Å². The highest BCUT2D eigenvalue weighted by Crippen LogP contribution is 2.36. The van der Waals surface area contributed by atoms with Crippen LogP contribution in [0.2, 0.25) is 0 Å². The van der Waals surface area contributed by atoms with Crippen LogP contribution in [-0.4, -0.2) is 64.8 Å². The molecule has 0 spiro atoms. The van der Waals surface area contributed by atoms with Crippen molar-refractivity contribution in [3.05, 3.63) is 24.8 Å². The number of rotatable bonds is 10. The van der Waals surface area contributed by atoms with Gasteiger partial charge in [0.1, 0.15) is 17.7 Å². The van der Waals surface area contributed by atoms with E-state index >= 15 is 0 Å². The molecule has 1 aliphatic heterocycles. The van der Waals surface area contributed by atoms with Crippen LogP contribution in [0.1, 0.15) is 60.8 Å². The lowest BCUT2D eigenvalue weighted by Crippen LogP contribution is -2.56. The Labute approximate surface area is 192 Å². The Balaban J connectivity index is 3.24. The van der Waals surface area contributed by atoms with Crippen LogP contribution in [-0.2, 0) is 14.3 Å². The van der Waals surface area contributed by atoms with Crippen LogP contribution in [0.5, 0.6) is 0 Å². The number of likely N-dealkylation sites (tertiary alicyclic amines) is 1. The maximum absolute atomic E-state index is 13.6. The summed E-state index contributed by atoms with van der Waals surface area (Å²) in [6, 6.07) is -2.07. The largest absolute Gasteiger partial charge is 0.444 e. The molecule has 8 nitrogen and oxygen atoms in total. The highest BCUT2D eigenvalue weighted by Gasteiger charge is 2.48. The number of nitrogens with one attached hydrogen (secondary N) is 2.